The van der Waals surface area contributed by atoms with Gasteiger partial charge in [-0.3, -0.25) is 4.99 Å². The highest BCUT2D eigenvalue weighted by Gasteiger charge is 2.28. The molecule has 0 atom stereocenters. The number of para-hydroxylation sites is 1. The molecule has 0 saturated carbocycles. The van der Waals surface area contributed by atoms with E-state index in [1.165, 1.54) is 6.07 Å². The zero-order valence-corrected chi connectivity index (χ0v) is 16.1. The van der Waals surface area contributed by atoms with Gasteiger partial charge in [0.2, 0.25) is 0 Å². The number of methoxy groups -OCH3 is 1. The lowest BCUT2D eigenvalue weighted by atomic mass is 10.2. The first-order valence-corrected chi connectivity index (χ1v) is 8.75. The maximum Gasteiger partial charge on any atom is 0.422 e. The van der Waals surface area contributed by atoms with Crippen molar-refractivity contribution >= 4 is 5.96 Å². The Morgan fingerprint density at radius 2 is 1.93 bits per heavy atom. The molecule has 1 aromatic carbocycles. The lowest BCUT2D eigenvalue weighted by Crippen LogP contribution is -2.40. The van der Waals surface area contributed by atoms with Gasteiger partial charge in [-0.2, -0.15) is 13.2 Å². The molecular weight excluding hydrogens is 361 g/mol. The van der Waals surface area contributed by atoms with Gasteiger partial charge in [0.05, 0.1) is 0 Å². The molecule has 0 fully saturated rings. The Morgan fingerprint density at radius 1 is 1.19 bits per heavy atom. The fourth-order valence-electron chi connectivity index (χ4n) is 2.31. The van der Waals surface area contributed by atoms with Crippen molar-refractivity contribution in [3.05, 3.63) is 29.8 Å². The van der Waals surface area contributed by atoms with Crippen LogP contribution in [0.2, 0.25) is 0 Å². The van der Waals surface area contributed by atoms with Gasteiger partial charge in [0.1, 0.15) is 5.75 Å². The first-order valence-electron chi connectivity index (χ1n) is 8.75. The molecule has 0 bridgehead atoms. The number of likely N-dealkylation sites (N-methyl/N-ethyl adjacent to an activating group) is 1. The van der Waals surface area contributed by atoms with Gasteiger partial charge in [-0.05, 0) is 19.5 Å². The second-order valence-corrected chi connectivity index (χ2v) is 6.01. The van der Waals surface area contributed by atoms with Gasteiger partial charge in [-0.15, -0.1) is 0 Å². The predicted octanol–water partition coefficient (Wildman–Crippen LogP) is 2.26. The molecule has 0 heterocycles. The third-order valence-electron chi connectivity index (χ3n) is 3.71. The molecule has 0 aliphatic carbocycles. The van der Waals surface area contributed by atoms with E-state index in [1.807, 2.05) is 7.05 Å². The Labute approximate surface area is 158 Å². The van der Waals surface area contributed by atoms with Crippen LogP contribution in [0.25, 0.3) is 0 Å². The number of nitrogens with one attached hydrogen (secondary N) is 2. The summed E-state index contributed by atoms with van der Waals surface area (Å²) in [5.74, 6) is 0.779. The molecule has 154 valence electrons. The van der Waals surface area contributed by atoms with E-state index >= 15 is 0 Å². The maximum absolute atomic E-state index is 12.4. The lowest BCUT2D eigenvalue weighted by molar-refractivity contribution is -0.153. The molecule has 27 heavy (non-hydrogen) atoms. The van der Waals surface area contributed by atoms with Crippen molar-refractivity contribution in [2.45, 2.75) is 19.1 Å². The smallest absolute Gasteiger partial charge is 0.422 e. The van der Waals surface area contributed by atoms with Crippen molar-refractivity contribution < 1.29 is 22.6 Å². The monoisotopic (exact) mass is 390 g/mol. The van der Waals surface area contributed by atoms with Gasteiger partial charge >= 0.3 is 6.18 Å². The fraction of sp³-hybridized carbons (Fsp3) is 0.611. The molecule has 0 unspecified atom stereocenters. The summed E-state index contributed by atoms with van der Waals surface area (Å²) in [6.45, 7) is 2.18. The minimum Gasteiger partial charge on any atom is -0.484 e. The minimum absolute atomic E-state index is 0.204. The van der Waals surface area contributed by atoms with E-state index in [0.29, 0.717) is 24.6 Å². The van der Waals surface area contributed by atoms with E-state index in [2.05, 4.69) is 20.5 Å². The van der Waals surface area contributed by atoms with Crippen molar-refractivity contribution in [2.75, 3.05) is 54.1 Å². The third-order valence-corrected chi connectivity index (χ3v) is 3.71. The molecule has 0 radical (unpaired) electrons. The summed E-state index contributed by atoms with van der Waals surface area (Å²) in [4.78, 5) is 6.31. The maximum atomic E-state index is 12.4. The predicted molar refractivity (Wildman–Crippen MR) is 100 cm³/mol. The highest BCUT2D eigenvalue weighted by atomic mass is 19.4. The molecule has 0 aromatic heterocycles. The SMILES string of the molecule is CN=C(NCCN(C)CCCOC)NCc1ccccc1OCC(F)(F)F. The van der Waals surface area contributed by atoms with Gasteiger partial charge in [0.25, 0.3) is 0 Å². The van der Waals surface area contributed by atoms with Crippen molar-refractivity contribution in [3.8, 4) is 5.75 Å². The van der Waals surface area contributed by atoms with Crippen LogP contribution in [0.15, 0.2) is 29.3 Å². The fourth-order valence-corrected chi connectivity index (χ4v) is 2.31. The van der Waals surface area contributed by atoms with E-state index in [-0.39, 0.29) is 5.75 Å². The van der Waals surface area contributed by atoms with Crippen LogP contribution in [-0.4, -0.2) is 71.1 Å². The lowest BCUT2D eigenvalue weighted by Gasteiger charge is -2.18. The van der Waals surface area contributed by atoms with Gasteiger partial charge in [-0.25, -0.2) is 0 Å². The number of aliphatic imine (C=N–C) groups is 1. The number of hydrogen-bond acceptors (Lipinski definition) is 4. The number of alkyl halides is 3. The summed E-state index contributed by atoms with van der Waals surface area (Å²) in [5, 5.41) is 6.27. The Morgan fingerprint density at radius 3 is 2.59 bits per heavy atom. The molecular formula is C18H29F3N4O2. The Hall–Kier alpha value is -2.00. The molecule has 1 rings (SSSR count). The molecule has 1 aromatic rings. The largest absolute Gasteiger partial charge is 0.484 e. The van der Waals surface area contributed by atoms with E-state index in [0.717, 1.165) is 26.1 Å². The van der Waals surface area contributed by atoms with E-state index in [9.17, 15) is 13.2 Å². The van der Waals surface area contributed by atoms with Crippen molar-refractivity contribution in [1.29, 1.82) is 0 Å². The molecule has 6 nitrogen and oxygen atoms in total. The highest BCUT2D eigenvalue weighted by molar-refractivity contribution is 5.79. The number of hydrogen-bond donors (Lipinski definition) is 2. The number of nitrogens with zero attached hydrogens (tertiary/aromatic N) is 2. The number of halogens is 3. The first kappa shape index (κ1) is 23.0. The average Bonchev–Trinajstić information content (AvgIpc) is 2.63. The Kier molecular flexibility index (Phi) is 10.6. The van der Waals surface area contributed by atoms with Crippen LogP contribution >= 0.6 is 0 Å². The Bertz CT molecular complexity index is 568. The Balaban J connectivity index is 2.42. The summed E-state index contributed by atoms with van der Waals surface area (Å²) < 4.78 is 47.0. The van der Waals surface area contributed by atoms with Crippen LogP contribution in [0, 0.1) is 0 Å². The van der Waals surface area contributed by atoms with Gasteiger partial charge in [0, 0.05) is 52.5 Å². The number of benzene rings is 1. The summed E-state index contributed by atoms with van der Waals surface area (Å²) in [7, 11) is 5.36. The van der Waals surface area contributed by atoms with Gasteiger partial charge in [0.15, 0.2) is 12.6 Å². The molecule has 9 heteroatoms. The topological polar surface area (TPSA) is 58.1 Å². The van der Waals surface area contributed by atoms with Crippen LogP contribution in [0.5, 0.6) is 5.75 Å². The van der Waals surface area contributed by atoms with Crippen LogP contribution < -0.4 is 15.4 Å². The summed E-state index contributed by atoms with van der Waals surface area (Å²) >= 11 is 0. The summed E-state index contributed by atoms with van der Waals surface area (Å²) in [5.41, 5.74) is 0.626. The number of rotatable bonds is 11. The van der Waals surface area contributed by atoms with Crippen LogP contribution in [0.4, 0.5) is 13.2 Å². The van der Waals surface area contributed by atoms with Crippen LogP contribution in [-0.2, 0) is 11.3 Å². The van der Waals surface area contributed by atoms with E-state index in [4.69, 9.17) is 9.47 Å². The average molecular weight is 390 g/mol. The first-order chi connectivity index (χ1) is 12.9. The van der Waals surface area contributed by atoms with Crippen molar-refractivity contribution in [1.82, 2.24) is 15.5 Å². The quantitative estimate of drug-likeness (QED) is 0.345. The van der Waals surface area contributed by atoms with E-state index < -0.39 is 12.8 Å². The van der Waals surface area contributed by atoms with Gasteiger partial charge in [-0.1, -0.05) is 18.2 Å². The van der Waals surface area contributed by atoms with Crippen LogP contribution in [0.3, 0.4) is 0 Å². The zero-order valence-electron chi connectivity index (χ0n) is 16.1. The molecule has 0 aliphatic rings. The summed E-state index contributed by atoms with van der Waals surface area (Å²) in [6, 6.07) is 6.63. The number of ether oxygens (including phenoxy) is 2. The van der Waals surface area contributed by atoms with E-state index in [1.54, 1.807) is 32.4 Å². The summed E-state index contributed by atoms with van der Waals surface area (Å²) in [6.07, 6.45) is -3.40. The number of guanidine groups is 1. The standard InChI is InChI=1S/C18H29F3N4O2/c1-22-17(23-9-11-25(2)10-6-12-26-3)24-13-15-7-4-5-8-16(15)27-14-18(19,20)21/h4-5,7-8H,6,9-14H2,1-3H3,(H2,22,23,24). The minimum atomic E-state index is -4.37. The van der Waals surface area contributed by atoms with Crippen molar-refractivity contribution in [3.63, 3.8) is 0 Å². The van der Waals surface area contributed by atoms with Gasteiger partial charge < -0.3 is 25.0 Å². The van der Waals surface area contributed by atoms with Crippen LogP contribution in [0.1, 0.15) is 12.0 Å². The molecule has 0 spiro atoms. The second-order valence-electron chi connectivity index (χ2n) is 6.01. The zero-order chi connectivity index (χ0) is 20.1. The normalized spacial score (nSPS) is 12.3. The molecule has 0 aliphatic heterocycles. The molecule has 0 saturated heterocycles. The third kappa shape index (κ3) is 10.7. The second kappa shape index (κ2) is 12.4. The molecule has 0 amide bonds. The van der Waals surface area contributed by atoms with Crippen molar-refractivity contribution in [2.24, 2.45) is 4.99 Å². The molecule has 2 N–H and O–H groups in total. The highest BCUT2D eigenvalue weighted by Crippen LogP contribution is 2.21.